The Morgan fingerprint density at radius 2 is 1.86 bits per heavy atom. The van der Waals surface area contributed by atoms with Crippen LogP contribution in [0.4, 0.5) is 4.79 Å². The number of carbonyl (C=O) groups excluding carboxylic acids is 1. The number of urea groups is 1. The first-order valence-corrected chi connectivity index (χ1v) is 8.39. The lowest BCUT2D eigenvalue weighted by Gasteiger charge is -2.38. The second kappa shape index (κ2) is 8.06. The number of rotatable bonds is 5. The van der Waals surface area contributed by atoms with Crippen molar-refractivity contribution in [3.63, 3.8) is 0 Å². The zero-order valence-electron chi connectivity index (χ0n) is 14.0. The summed E-state index contributed by atoms with van der Waals surface area (Å²) in [4.78, 5) is 14.2. The lowest BCUT2D eigenvalue weighted by Crippen LogP contribution is -2.52. The van der Waals surface area contributed by atoms with Gasteiger partial charge in [0.15, 0.2) is 6.73 Å². The van der Waals surface area contributed by atoms with Gasteiger partial charge in [-0.15, -0.1) is 0 Å². The maximum Gasteiger partial charge on any atom is 0.320 e. The van der Waals surface area contributed by atoms with Gasteiger partial charge in [0.2, 0.25) is 0 Å². The van der Waals surface area contributed by atoms with E-state index in [1.807, 2.05) is 17.0 Å². The molecule has 0 saturated carbocycles. The molecule has 0 aromatic heterocycles. The van der Waals surface area contributed by atoms with Gasteiger partial charge in [0.05, 0.1) is 0 Å². The van der Waals surface area contributed by atoms with E-state index in [9.17, 15) is 4.79 Å². The number of hydrogen-bond donors (Lipinski definition) is 1. The zero-order valence-corrected chi connectivity index (χ0v) is 14.0. The Hall–Kier alpha value is -1.71. The van der Waals surface area contributed by atoms with Crippen molar-refractivity contribution in [1.82, 2.24) is 10.2 Å². The van der Waals surface area contributed by atoms with Crippen LogP contribution in [0.2, 0.25) is 0 Å². The molecule has 2 unspecified atom stereocenters. The van der Waals surface area contributed by atoms with E-state index in [0.29, 0.717) is 12.1 Å². The summed E-state index contributed by atoms with van der Waals surface area (Å²) >= 11 is 0. The molecule has 1 aliphatic rings. The minimum atomic E-state index is -0.0256. The van der Waals surface area contributed by atoms with Gasteiger partial charge >= 0.3 is 6.03 Å². The van der Waals surface area contributed by atoms with E-state index in [0.717, 1.165) is 31.4 Å². The second-order valence-corrected chi connectivity index (χ2v) is 6.20. The summed E-state index contributed by atoms with van der Waals surface area (Å²) in [6.07, 6.45) is 5.59. The van der Waals surface area contributed by atoms with Crippen molar-refractivity contribution in [2.45, 2.75) is 65.0 Å². The molecule has 22 heavy (non-hydrogen) atoms. The van der Waals surface area contributed by atoms with E-state index >= 15 is 0 Å². The molecular formula is C18H28N2O2. The van der Waals surface area contributed by atoms with Gasteiger partial charge in [-0.05, 0) is 57.2 Å². The van der Waals surface area contributed by atoms with Crippen LogP contribution in [0.5, 0.6) is 5.75 Å². The van der Waals surface area contributed by atoms with Crippen molar-refractivity contribution in [2.75, 3.05) is 6.73 Å². The van der Waals surface area contributed by atoms with Crippen molar-refractivity contribution in [3.05, 3.63) is 29.8 Å². The van der Waals surface area contributed by atoms with Gasteiger partial charge in [0.25, 0.3) is 0 Å². The zero-order chi connectivity index (χ0) is 15.9. The van der Waals surface area contributed by atoms with Gasteiger partial charge in [-0.2, -0.15) is 0 Å². The Bertz CT molecular complexity index is 462. The molecule has 0 bridgehead atoms. The van der Waals surface area contributed by atoms with E-state index in [1.54, 1.807) is 0 Å². The maximum absolute atomic E-state index is 12.3. The van der Waals surface area contributed by atoms with Gasteiger partial charge in [0, 0.05) is 12.1 Å². The molecule has 1 aromatic carbocycles. The second-order valence-electron chi connectivity index (χ2n) is 6.20. The molecule has 1 fully saturated rings. The molecule has 1 heterocycles. The number of likely N-dealkylation sites (tertiary alicyclic amines) is 1. The molecule has 0 radical (unpaired) electrons. The molecule has 122 valence electrons. The van der Waals surface area contributed by atoms with Crippen LogP contribution >= 0.6 is 0 Å². The third kappa shape index (κ3) is 4.39. The summed E-state index contributed by atoms with van der Waals surface area (Å²) < 4.78 is 5.61. The molecule has 1 aromatic rings. The SMILES string of the molecule is CCCc1ccc(OCNC(=O)N2C(C)CCCC2C)cc1. The van der Waals surface area contributed by atoms with E-state index < -0.39 is 0 Å². The van der Waals surface area contributed by atoms with E-state index in [2.05, 4.69) is 38.2 Å². The number of aryl methyl sites for hydroxylation is 1. The van der Waals surface area contributed by atoms with Crippen molar-refractivity contribution in [1.29, 1.82) is 0 Å². The van der Waals surface area contributed by atoms with Crippen molar-refractivity contribution in [3.8, 4) is 5.75 Å². The minimum Gasteiger partial charge on any atom is -0.473 e. The smallest absolute Gasteiger partial charge is 0.320 e. The highest BCUT2D eigenvalue weighted by Crippen LogP contribution is 2.22. The van der Waals surface area contributed by atoms with Crippen LogP contribution in [-0.2, 0) is 6.42 Å². The predicted octanol–water partition coefficient (Wildman–Crippen LogP) is 3.95. The summed E-state index contributed by atoms with van der Waals surface area (Å²) in [5, 5.41) is 2.87. The van der Waals surface area contributed by atoms with Crippen molar-refractivity contribution in [2.24, 2.45) is 0 Å². The molecule has 1 N–H and O–H groups in total. The van der Waals surface area contributed by atoms with Gasteiger partial charge in [-0.3, -0.25) is 0 Å². The molecule has 2 atom stereocenters. The number of ether oxygens (including phenoxy) is 1. The Morgan fingerprint density at radius 3 is 2.45 bits per heavy atom. The number of amides is 2. The quantitative estimate of drug-likeness (QED) is 0.837. The predicted molar refractivity (Wildman–Crippen MR) is 89.1 cm³/mol. The highest BCUT2D eigenvalue weighted by Gasteiger charge is 2.28. The normalized spacial score (nSPS) is 21.5. The van der Waals surface area contributed by atoms with Crippen LogP contribution in [0.3, 0.4) is 0 Å². The van der Waals surface area contributed by atoms with E-state index in [-0.39, 0.29) is 12.8 Å². The average Bonchev–Trinajstić information content (AvgIpc) is 2.49. The molecule has 1 saturated heterocycles. The lowest BCUT2D eigenvalue weighted by molar-refractivity contribution is 0.117. The summed E-state index contributed by atoms with van der Waals surface area (Å²) in [6, 6.07) is 8.66. The average molecular weight is 304 g/mol. The first-order chi connectivity index (χ1) is 10.6. The largest absolute Gasteiger partial charge is 0.473 e. The molecular weight excluding hydrogens is 276 g/mol. The highest BCUT2D eigenvalue weighted by atomic mass is 16.5. The Kier molecular flexibility index (Phi) is 6.10. The standard InChI is InChI=1S/C18H28N2O2/c1-4-6-16-9-11-17(12-10-16)22-13-19-18(21)20-14(2)7-5-8-15(20)3/h9-12,14-15H,4-8,13H2,1-3H3,(H,19,21). The topological polar surface area (TPSA) is 41.6 Å². The van der Waals surface area contributed by atoms with Crippen LogP contribution < -0.4 is 10.1 Å². The van der Waals surface area contributed by atoms with E-state index in [1.165, 1.54) is 12.0 Å². The Labute approximate surface area is 133 Å². The van der Waals surface area contributed by atoms with Crippen molar-refractivity contribution >= 4 is 6.03 Å². The summed E-state index contributed by atoms with van der Waals surface area (Å²) in [7, 11) is 0. The molecule has 2 amide bonds. The summed E-state index contributed by atoms with van der Waals surface area (Å²) in [6.45, 7) is 6.61. The summed E-state index contributed by atoms with van der Waals surface area (Å²) in [5.41, 5.74) is 1.31. The molecule has 0 spiro atoms. The van der Waals surface area contributed by atoms with Gasteiger partial charge in [-0.1, -0.05) is 25.5 Å². The Morgan fingerprint density at radius 1 is 1.23 bits per heavy atom. The molecule has 0 aliphatic carbocycles. The fourth-order valence-electron chi connectivity index (χ4n) is 3.14. The monoisotopic (exact) mass is 304 g/mol. The minimum absolute atomic E-state index is 0.0256. The Balaban J connectivity index is 1.78. The van der Waals surface area contributed by atoms with E-state index in [4.69, 9.17) is 4.74 Å². The number of piperidine rings is 1. The van der Waals surface area contributed by atoms with Gasteiger partial charge in [-0.25, -0.2) is 4.79 Å². The van der Waals surface area contributed by atoms with Crippen LogP contribution in [0.1, 0.15) is 52.0 Å². The lowest BCUT2D eigenvalue weighted by atomic mass is 9.98. The first-order valence-electron chi connectivity index (χ1n) is 8.39. The molecule has 1 aliphatic heterocycles. The number of hydrogen-bond acceptors (Lipinski definition) is 2. The van der Waals surface area contributed by atoms with Crippen molar-refractivity contribution < 1.29 is 9.53 Å². The fourth-order valence-corrected chi connectivity index (χ4v) is 3.14. The van der Waals surface area contributed by atoms with Crippen LogP contribution in [0.25, 0.3) is 0 Å². The maximum atomic E-state index is 12.3. The molecule has 4 nitrogen and oxygen atoms in total. The fraction of sp³-hybridized carbons (Fsp3) is 0.611. The number of carbonyl (C=O) groups is 1. The first kappa shape index (κ1) is 16.7. The number of nitrogens with one attached hydrogen (secondary N) is 1. The number of benzene rings is 1. The molecule has 4 heteroatoms. The third-order valence-corrected chi connectivity index (χ3v) is 4.35. The van der Waals surface area contributed by atoms with Crippen LogP contribution in [-0.4, -0.2) is 29.7 Å². The molecule has 2 rings (SSSR count). The third-order valence-electron chi connectivity index (χ3n) is 4.35. The van der Waals surface area contributed by atoms with Crippen LogP contribution in [0.15, 0.2) is 24.3 Å². The number of nitrogens with zero attached hydrogens (tertiary/aromatic N) is 1. The highest BCUT2D eigenvalue weighted by molar-refractivity contribution is 5.74. The van der Waals surface area contributed by atoms with Gasteiger partial charge in [0.1, 0.15) is 5.75 Å². The summed E-state index contributed by atoms with van der Waals surface area (Å²) in [5.74, 6) is 0.792. The van der Waals surface area contributed by atoms with Gasteiger partial charge < -0.3 is 15.0 Å². The van der Waals surface area contributed by atoms with Crippen LogP contribution in [0, 0.1) is 0 Å².